The molecule has 0 aliphatic heterocycles. The van der Waals surface area contributed by atoms with E-state index in [1.54, 1.807) is 30.5 Å². The van der Waals surface area contributed by atoms with Crippen molar-refractivity contribution in [1.29, 1.82) is 0 Å². The zero-order valence-electron chi connectivity index (χ0n) is 14.4. The van der Waals surface area contributed by atoms with Crippen molar-refractivity contribution >= 4 is 34.0 Å². The van der Waals surface area contributed by atoms with Gasteiger partial charge in [0.1, 0.15) is 17.9 Å². The fourth-order valence-corrected chi connectivity index (χ4v) is 3.16. The summed E-state index contributed by atoms with van der Waals surface area (Å²) >= 11 is 6.13. The largest absolute Gasteiger partial charge is 0.507 e. The topological polar surface area (TPSA) is 83.8 Å². The van der Waals surface area contributed by atoms with Gasteiger partial charge in [-0.3, -0.25) is 9.89 Å². The minimum absolute atomic E-state index is 0.0274. The van der Waals surface area contributed by atoms with Gasteiger partial charge in [-0.1, -0.05) is 23.7 Å². The fraction of sp³-hybridized carbons (Fsp3) is 0.0500. The number of nitrogens with zero attached hydrogens (tertiary/aromatic N) is 3. The molecule has 28 heavy (non-hydrogen) atoms. The Morgan fingerprint density at radius 3 is 2.75 bits per heavy atom. The first-order valence-corrected chi connectivity index (χ1v) is 8.72. The summed E-state index contributed by atoms with van der Waals surface area (Å²) in [5.74, 6) is -0.997. The Morgan fingerprint density at radius 1 is 1.25 bits per heavy atom. The number of allylic oxidation sites excluding steroid dienone is 1. The molecule has 0 atom stereocenters. The number of aliphatic hydroxyl groups excluding tert-OH is 1. The first-order chi connectivity index (χ1) is 13.5. The second-order valence-electron chi connectivity index (χ2n) is 6.19. The lowest BCUT2D eigenvalue weighted by Gasteiger charge is -2.05. The Hall–Kier alpha value is -3.45. The minimum atomic E-state index is -0.503. The van der Waals surface area contributed by atoms with Crippen LogP contribution in [0.15, 0.2) is 61.1 Å². The molecular formula is C20H14ClFN4O2. The highest BCUT2D eigenvalue weighted by atomic mass is 35.5. The van der Waals surface area contributed by atoms with E-state index in [9.17, 15) is 14.3 Å². The number of nitrogens with one attached hydrogen (secondary N) is 1. The molecule has 0 unspecified atom stereocenters. The lowest BCUT2D eigenvalue weighted by atomic mass is 10.1. The van der Waals surface area contributed by atoms with Crippen molar-refractivity contribution in [2.24, 2.45) is 0 Å². The third kappa shape index (κ3) is 3.52. The van der Waals surface area contributed by atoms with E-state index in [0.29, 0.717) is 22.5 Å². The molecule has 0 saturated heterocycles. The van der Waals surface area contributed by atoms with Gasteiger partial charge in [-0.15, -0.1) is 0 Å². The van der Waals surface area contributed by atoms with E-state index in [2.05, 4.69) is 15.2 Å². The monoisotopic (exact) mass is 396 g/mol. The molecule has 2 aromatic heterocycles. The number of H-pyrrole nitrogens is 1. The van der Waals surface area contributed by atoms with Crippen molar-refractivity contribution in [1.82, 2.24) is 19.7 Å². The average molecular weight is 397 g/mol. The highest BCUT2D eigenvalue weighted by Crippen LogP contribution is 2.29. The maximum absolute atomic E-state index is 13.2. The number of carbonyl (C=O) groups is 1. The van der Waals surface area contributed by atoms with Crippen molar-refractivity contribution in [3.63, 3.8) is 0 Å². The van der Waals surface area contributed by atoms with E-state index in [1.807, 2.05) is 10.6 Å². The van der Waals surface area contributed by atoms with Gasteiger partial charge in [0, 0.05) is 40.3 Å². The molecule has 0 saturated carbocycles. The van der Waals surface area contributed by atoms with E-state index in [1.165, 1.54) is 18.5 Å². The van der Waals surface area contributed by atoms with Gasteiger partial charge >= 0.3 is 0 Å². The van der Waals surface area contributed by atoms with Gasteiger partial charge < -0.3 is 9.67 Å². The molecule has 0 aliphatic rings. The molecule has 6 nitrogen and oxygen atoms in total. The van der Waals surface area contributed by atoms with Crippen LogP contribution in [-0.4, -0.2) is 30.6 Å². The predicted molar refractivity (Wildman–Crippen MR) is 104 cm³/mol. The predicted octanol–water partition coefficient (Wildman–Crippen LogP) is 4.38. The SMILES string of the molecule is O=C(C=C(O)c1cn(Cc2ccc(F)cc2)c2ccc(Cl)cc12)c1ncn[nH]1. The Labute approximate surface area is 163 Å². The summed E-state index contributed by atoms with van der Waals surface area (Å²) in [5.41, 5.74) is 2.16. The molecule has 4 rings (SSSR count). The van der Waals surface area contributed by atoms with Gasteiger partial charge in [-0.25, -0.2) is 9.37 Å². The van der Waals surface area contributed by atoms with Crippen LogP contribution in [0.1, 0.15) is 21.7 Å². The van der Waals surface area contributed by atoms with Crippen molar-refractivity contribution in [3.05, 3.63) is 88.9 Å². The molecule has 140 valence electrons. The van der Waals surface area contributed by atoms with Crippen molar-refractivity contribution in [2.45, 2.75) is 6.54 Å². The van der Waals surface area contributed by atoms with Gasteiger partial charge in [0.25, 0.3) is 0 Å². The van der Waals surface area contributed by atoms with Crippen molar-refractivity contribution < 1.29 is 14.3 Å². The number of hydrogen-bond acceptors (Lipinski definition) is 4. The van der Waals surface area contributed by atoms with Gasteiger partial charge in [0.15, 0.2) is 5.82 Å². The van der Waals surface area contributed by atoms with Gasteiger partial charge in [0.2, 0.25) is 5.78 Å². The van der Waals surface area contributed by atoms with Crippen LogP contribution in [0.25, 0.3) is 16.7 Å². The number of aromatic nitrogens is 4. The van der Waals surface area contributed by atoms with Crippen LogP contribution < -0.4 is 0 Å². The summed E-state index contributed by atoms with van der Waals surface area (Å²) < 4.78 is 15.1. The lowest BCUT2D eigenvalue weighted by molar-refractivity contribution is 0.103. The first kappa shape index (κ1) is 17.9. The summed E-state index contributed by atoms with van der Waals surface area (Å²) in [6.45, 7) is 0.460. The number of carbonyl (C=O) groups excluding carboxylic acids is 1. The molecule has 0 radical (unpaired) electrons. The number of rotatable bonds is 5. The molecule has 0 spiro atoms. The maximum atomic E-state index is 13.2. The normalized spacial score (nSPS) is 11.9. The first-order valence-electron chi connectivity index (χ1n) is 8.35. The van der Waals surface area contributed by atoms with Crippen LogP contribution in [0, 0.1) is 5.82 Å². The minimum Gasteiger partial charge on any atom is -0.507 e. The number of benzene rings is 2. The van der Waals surface area contributed by atoms with E-state index in [0.717, 1.165) is 17.2 Å². The van der Waals surface area contributed by atoms with E-state index < -0.39 is 5.78 Å². The van der Waals surface area contributed by atoms with Crippen LogP contribution >= 0.6 is 11.6 Å². The Balaban J connectivity index is 1.76. The third-order valence-electron chi connectivity index (χ3n) is 4.30. The molecule has 8 heteroatoms. The summed E-state index contributed by atoms with van der Waals surface area (Å²) in [5, 5.41) is 17.8. The van der Waals surface area contributed by atoms with Gasteiger partial charge in [0.05, 0.1) is 0 Å². The number of aromatic amines is 1. The molecule has 2 heterocycles. The zero-order chi connectivity index (χ0) is 19.7. The maximum Gasteiger partial charge on any atom is 0.226 e. The highest BCUT2D eigenvalue weighted by molar-refractivity contribution is 6.31. The smallest absolute Gasteiger partial charge is 0.226 e. The van der Waals surface area contributed by atoms with Crippen LogP contribution in [0.5, 0.6) is 0 Å². The Morgan fingerprint density at radius 2 is 2.04 bits per heavy atom. The lowest BCUT2D eigenvalue weighted by Crippen LogP contribution is -1.99. The van der Waals surface area contributed by atoms with Gasteiger partial charge in [-0.2, -0.15) is 5.10 Å². The number of hydrogen-bond donors (Lipinski definition) is 2. The summed E-state index contributed by atoms with van der Waals surface area (Å²) in [6.07, 6.45) is 4.02. The van der Waals surface area contributed by atoms with Crippen LogP contribution in [-0.2, 0) is 6.54 Å². The van der Waals surface area contributed by atoms with Crippen molar-refractivity contribution in [3.8, 4) is 0 Å². The second-order valence-corrected chi connectivity index (χ2v) is 6.62. The number of aliphatic hydroxyl groups is 1. The summed E-state index contributed by atoms with van der Waals surface area (Å²) in [7, 11) is 0. The third-order valence-corrected chi connectivity index (χ3v) is 4.54. The molecule has 0 amide bonds. The molecule has 2 aromatic carbocycles. The standard InChI is InChI=1S/C20H14ClFN4O2/c21-13-3-6-17-15(7-13)16(18(27)8-19(28)20-23-11-24-25-20)10-26(17)9-12-1-4-14(22)5-2-12/h1-8,10-11,27H,9H2,(H,23,24,25). The van der Waals surface area contributed by atoms with Crippen LogP contribution in [0.2, 0.25) is 5.02 Å². The molecular weight excluding hydrogens is 383 g/mol. The Bertz CT molecular complexity index is 1180. The Kier molecular flexibility index (Phi) is 4.67. The van der Waals surface area contributed by atoms with Crippen LogP contribution in [0.3, 0.4) is 0 Å². The molecule has 0 bridgehead atoms. The van der Waals surface area contributed by atoms with Crippen LogP contribution in [0.4, 0.5) is 4.39 Å². The van der Waals surface area contributed by atoms with Gasteiger partial charge in [-0.05, 0) is 35.9 Å². The molecule has 2 N–H and O–H groups in total. The molecule has 4 aromatic rings. The average Bonchev–Trinajstić information content (AvgIpc) is 3.32. The fourth-order valence-electron chi connectivity index (χ4n) is 2.99. The zero-order valence-corrected chi connectivity index (χ0v) is 15.2. The molecule has 0 fully saturated rings. The van der Waals surface area contributed by atoms with E-state index in [4.69, 9.17) is 11.6 Å². The number of halogens is 2. The van der Waals surface area contributed by atoms with E-state index in [-0.39, 0.29) is 17.4 Å². The number of ketones is 1. The summed E-state index contributed by atoms with van der Waals surface area (Å²) in [4.78, 5) is 16.0. The second kappa shape index (κ2) is 7.28. The highest BCUT2D eigenvalue weighted by Gasteiger charge is 2.15. The molecule has 0 aliphatic carbocycles. The quantitative estimate of drug-likeness (QED) is 0.298. The van der Waals surface area contributed by atoms with Crippen molar-refractivity contribution in [2.75, 3.05) is 0 Å². The number of fused-ring (bicyclic) bond motifs is 1. The van der Waals surface area contributed by atoms with E-state index >= 15 is 0 Å². The summed E-state index contributed by atoms with van der Waals surface area (Å²) in [6, 6.07) is 11.5.